The molecule has 1 aliphatic rings. The van der Waals surface area contributed by atoms with Crippen LogP contribution in [-0.4, -0.2) is 19.5 Å². The molecule has 19 heavy (non-hydrogen) atoms. The molecule has 1 saturated carbocycles. The summed E-state index contributed by atoms with van der Waals surface area (Å²) in [5.41, 5.74) is 0.375. The van der Waals surface area contributed by atoms with Crippen LogP contribution in [0, 0.1) is 0 Å². The molecular formula is C14H18F3NO. The van der Waals surface area contributed by atoms with Crippen molar-refractivity contribution in [2.45, 2.75) is 44.0 Å². The summed E-state index contributed by atoms with van der Waals surface area (Å²) in [5.74, 6) is -0.0748. The van der Waals surface area contributed by atoms with E-state index in [1.807, 2.05) is 14.0 Å². The molecule has 1 aliphatic carbocycles. The molecule has 1 fully saturated rings. The number of para-hydroxylation sites is 1. The Morgan fingerprint density at radius 2 is 2.00 bits per heavy atom. The van der Waals surface area contributed by atoms with Crippen LogP contribution in [-0.2, 0) is 5.41 Å². The van der Waals surface area contributed by atoms with Crippen molar-refractivity contribution in [1.82, 2.24) is 5.32 Å². The SMILES string of the molecule is CNC1CCC(C)(c2ccccc2OC(F)(F)F)C1. The number of rotatable bonds is 3. The largest absolute Gasteiger partial charge is 0.573 e. The van der Waals surface area contributed by atoms with E-state index in [-0.39, 0.29) is 11.2 Å². The first-order valence-electron chi connectivity index (χ1n) is 6.36. The van der Waals surface area contributed by atoms with Crippen molar-refractivity contribution in [3.05, 3.63) is 29.8 Å². The minimum absolute atomic E-state index is 0.0748. The maximum atomic E-state index is 12.4. The summed E-state index contributed by atoms with van der Waals surface area (Å²) < 4.78 is 41.5. The fraction of sp³-hybridized carbons (Fsp3) is 0.571. The van der Waals surface area contributed by atoms with Crippen molar-refractivity contribution in [3.8, 4) is 5.75 Å². The zero-order valence-electron chi connectivity index (χ0n) is 11.1. The molecule has 0 bridgehead atoms. The summed E-state index contributed by atoms with van der Waals surface area (Å²) in [7, 11) is 1.88. The van der Waals surface area contributed by atoms with Gasteiger partial charge in [-0.2, -0.15) is 0 Å². The molecule has 0 heterocycles. The minimum Gasteiger partial charge on any atom is -0.405 e. The molecule has 2 rings (SSSR count). The van der Waals surface area contributed by atoms with Gasteiger partial charge >= 0.3 is 6.36 Å². The van der Waals surface area contributed by atoms with Crippen LogP contribution in [0.15, 0.2) is 24.3 Å². The van der Waals surface area contributed by atoms with Gasteiger partial charge in [-0.1, -0.05) is 25.1 Å². The number of alkyl halides is 3. The highest BCUT2D eigenvalue weighted by atomic mass is 19.4. The van der Waals surface area contributed by atoms with Crippen LogP contribution in [0.4, 0.5) is 13.2 Å². The number of halogens is 3. The van der Waals surface area contributed by atoms with Crippen LogP contribution in [0.5, 0.6) is 5.75 Å². The Labute approximate surface area is 111 Å². The summed E-state index contributed by atoms with van der Waals surface area (Å²) in [6.07, 6.45) is -2.00. The Bertz CT molecular complexity index is 447. The van der Waals surface area contributed by atoms with Gasteiger partial charge in [0.15, 0.2) is 0 Å². The van der Waals surface area contributed by atoms with Crippen molar-refractivity contribution in [1.29, 1.82) is 0 Å². The molecule has 0 spiro atoms. The molecule has 0 aliphatic heterocycles. The second-order valence-corrected chi connectivity index (χ2v) is 5.33. The van der Waals surface area contributed by atoms with Gasteiger partial charge in [0.2, 0.25) is 0 Å². The highest BCUT2D eigenvalue weighted by molar-refractivity contribution is 5.40. The van der Waals surface area contributed by atoms with Crippen LogP contribution in [0.25, 0.3) is 0 Å². The van der Waals surface area contributed by atoms with Gasteiger partial charge in [0.05, 0.1) is 0 Å². The van der Waals surface area contributed by atoms with Gasteiger partial charge in [0.1, 0.15) is 5.75 Å². The van der Waals surface area contributed by atoms with Gasteiger partial charge < -0.3 is 10.1 Å². The fourth-order valence-electron chi connectivity index (χ4n) is 2.91. The number of hydrogen-bond acceptors (Lipinski definition) is 2. The number of hydrogen-bond donors (Lipinski definition) is 1. The lowest BCUT2D eigenvalue weighted by molar-refractivity contribution is -0.275. The van der Waals surface area contributed by atoms with E-state index in [2.05, 4.69) is 10.1 Å². The first-order valence-corrected chi connectivity index (χ1v) is 6.36. The van der Waals surface area contributed by atoms with E-state index < -0.39 is 6.36 Å². The monoisotopic (exact) mass is 273 g/mol. The van der Waals surface area contributed by atoms with Crippen LogP contribution >= 0.6 is 0 Å². The predicted molar refractivity (Wildman–Crippen MR) is 67.2 cm³/mol. The van der Waals surface area contributed by atoms with Crippen molar-refractivity contribution in [2.24, 2.45) is 0 Å². The van der Waals surface area contributed by atoms with Gasteiger partial charge in [-0.15, -0.1) is 13.2 Å². The molecule has 1 N–H and O–H groups in total. The Morgan fingerprint density at radius 1 is 1.32 bits per heavy atom. The van der Waals surface area contributed by atoms with Gasteiger partial charge in [-0.25, -0.2) is 0 Å². The topological polar surface area (TPSA) is 21.3 Å². The molecule has 0 radical (unpaired) electrons. The average molecular weight is 273 g/mol. The molecule has 1 aromatic rings. The maximum absolute atomic E-state index is 12.4. The molecule has 2 unspecified atom stereocenters. The standard InChI is InChI=1S/C14H18F3NO/c1-13(8-7-10(9-13)18-2)11-5-3-4-6-12(11)19-14(15,16)17/h3-6,10,18H,7-9H2,1-2H3. The van der Waals surface area contributed by atoms with Crippen molar-refractivity contribution in [2.75, 3.05) is 7.05 Å². The second-order valence-electron chi connectivity index (χ2n) is 5.33. The molecule has 0 aromatic heterocycles. The van der Waals surface area contributed by atoms with E-state index in [1.54, 1.807) is 18.2 Å². The highest BCUT2D eigenvalue weighted by Gasteiger charge is 2.40. The Morgan fingerprint density at radius 3 is 2.58 bits per heavy atom. The van der Waals surface area contributed by atoms with Gasteiger partial charge in [-0.05, 0) is 37.8 Å². The smallest absolute Gasteiger partial charge is 0.405 e. The number of ether oxygens (including phenoxy) is 1. The van der Waals surface area contributed by atoms with Crippen molar-refractivity contribution in [3.63, 3.8) is 0 Å². The maximum Gasteiger partial charge on any atom is 0.573 e. The third kappa shape index (κ3) is 3.21. The molecule has 1 aromatic carbocycles. The summed E-state index contributed by atoms with van der Waals surface area (Å²) in [4.78, 5) is 0. The summed E-state index contributed by atoms with van der Waals surface area (Å²) >= 11 is 0. The summed E-state index contributed by atoms with van der Waals surface area (Å²) in [6, 6.07) is 6.80. The van der Waals surface area contributed by atoms with Gasteiger partial charge in [-0.3, -0.25) is 0 Å². The molecule has 0 saturated heterocycles. The minimum atomic E-state index is -4.65. The van der Waals surface area contributed by atoms with Gasteiger partial charge in [0.25, 0.3) is 0 Å². The Balaban J connectivity index is 2.30. The van der Waals surface area contributed by atoms with E-state index in [0.29, 0.717) is 11.6 Å². The zero-order valence-corrected chi connectivity index (χ0v) is 11.1. The van der Waals surface area contributed by atoms with E-state index in [4.69, 9.17) is 0 Å². The Hall–Kier alpha value is -1.23. The van der Waals surface area contributed by atoms with Crippen LogP contribution < -0.4 is 10.1 Å². The lowest BCUT2D eigenvalue weighted by Gasteiger charge is -2.27. The molecule has 5 heteroatoms. The average Bonchev–Trinajstić information content (AvgIpc) is 2.71. The molecule has 0 amide bonds. The first kappa shape index (κ1) is 14.2. The normalized spacial score (nSPS) is 27.5. The van der Waals surface area contributed by atoms with Gasteiger partial charge in [0, 0.05) is 11.6 Å². The molecule has 2 atom stereocenters. The van der Waals surface area contributed by atoms with E-state index >= 15 is 0 Å². The third-order valence-corrected chi connectivity index (χ3v) is 3.91. The van der Waals surface area contributed by atoms with E-state index in [1.165, 1.54) is 6.07 Å². The van der Waals surface area contributed by atoms with Crippen LogP contribution in [0.3, 0.4) is 0 Å². The van der Waals surface area contributed by atoms with E-state index in [9.17, 15) is 13.2 Å². The zero-order chi connectivity index (χ0) is 14.1. The quantitative estimate of drug-likeness (QED) is 0.908. The third-order valence-electron chi connectivity index (χ3n) is 3.91. The first-order chi connectivity index (χ1) is 8.84. The fourth-order valence-corrected chi connectivity index (χ4v) is 2.91. The lowest BCUT2D eigenvalue weighted by atomic mass is 9.80. The highest BCUT2D eigenvalue weighted by Crippen LogP contribution is 2.45. The summed E-state index contributed by atoms with van der Waals surface area (Å²) in [5, 5.41) is 3.19. The second kappa shape index (κ2) is 5.04. The molecule has 106 valence electrons. The van der Waals surface area contributed by atoms with Crippen molar-refractivity contribution < 1.29 is 17.9 Å². The van der Waals surface area contributed by atoms with E-state index in [0.717, 1.165) is 19.3 Å². The van der Waals surface area contributed by atoms with Crippen LogP contribution in [0.1, 0.15) is 31.7 Å². The van der Waals surface area contributed by atoms with Crippen LogP contribution in [0.2, 0.25) is 0 Å². The predicted octanol–water partition coefficient (Wildman–Crippen LogP) is 3.61. The summed E-state index contributed by atoms with van der Waals surface area (Å²) in [6.45, 7) is 2.00. The lowest BCUT2D eigenvalue weighted by Crippen LogP contribution is -2.27. The Kier molecular flexibility index (Phi) is 3.76. The molecule has 2 nitrogen and oxygen atoms in total. The number of nitrogens with one attached hydrogen (secondary N) is 1. The van der Waals surface area contributed by atoms with Crippen molar-refractivity contribution >= 4 is 0 Å². The number of benzene rings is 1. The molecular weight excluding hydrogens is 255 g/mol.